The molecule has 0 aliphatic rings. The Kier molecular flexibility index (Phi) is 4.22. The molecule has 0 heterocycles. The lowest BCUT2D eigenvalue weighted by atomic mass is 10.2. The monoisotopic (exact) mass is 154 g/mol. The van der Waals surface area contributed by atoms with Crippen molar-refractivity contribution in [2.24, 2.45) is 5.73 Å². The van der Waals surface area contributed by atoms with Crippen LogP contribution >= 0.6 is 0 Å². The van der Waals surface area contributed by atoms with Gasteiger partial charge in [-0.05, 0) is 25.6 Å². The fourth-order valence-corrected chi connectivity index (χ4v) is 0.655. The Morgan fingerprint density at radius 3 is 2.64 bits per heavy atom. The van der Waals surface area contributed by atoms with Crippen molar-refractivity contribution >= 4 is 5.91 Å². The van der Waals surface area contributed by atoms with E-state index in [-0.39, 0.29) is 0 Å². The first-order valence-electron chi connectivity index (χ1n) is 3.38. The number of hydrogen-bond donors (Lipinski definition) is 2. The molecule has 3 heteroatoms. The Morgan fingerprint density at radius 1 is 1.73 bits per heavy atom. The zero-order chi connectivity index (χ0) is 8.85. The minimum Gasteiger partial charge on any atom is -0.366 e. The van der Waals surface area contributed by atoms with Gasteiger partial charge in [0, 0.05) is 12.1 Å². The molecule has 0 aliphatic carbocycles. The first-order valence-corrected chi connectivity index (χ1v) is 3.38. The maximum absolute atomic E-state index is 10.5. The third kappa shape index (κ3) is 4.33. The highest BCUT2D eigenvalue weighted by atomic mass is 16.1. The van der Waals surface area contributed by atoms with Gasteiger partial charge in [0.1, 0.15) is 0 Å². The van der Waals surface area contributed by atoms with Gasteiger partial charge in [-0.1, -0.05) is 6.58 Å². The fraction of sp³-hybridized carbons (Fsp3) is 0.375. The standard InChI is InChI=1S/C8H14N2O/c1-6(5-10-3)4-7(2)8(9)11/h4,10H,1,5H2,2-3H3,(H2,9,11)/b7-4+. The van der Waals surface area contributed by atoms with E-state index in [2.05, 4.69) is 11.9 Å². The number of amides is 1. The lowest BCUT2D eigenvalue weighted by Crippen LogP contribution is -2.13. The topological polar surface area (TPSA) is 55.1 Å². The van der Waals surface area contributed by atoms with E-state index in [1.807, 2.05) is 7.05 Å². The predicted octanol–water partition coefficient (Wildman–Crippen LogP) is 0.194. The van der Waals surface area contributed by atoms with Crippen molar-refractivity contribution in [3.8, 4) is 0 Å². The maximum atomic E-state index is 10.5. The Labute approximate surface area is 67.0 Å². The summed E-state index contributed by atoms with van der Waals surface area (Å²) < 4.78 is 0. The van der Waals surface area contributed by atoms with Gasteiger partial charge in [-0.2, -0.15) is 0 Å². The summed E-state index contributed by atoms with van der Waals surface area (Å²) in [6.45, 7) is 6.06. The number of nitrogens with two attached hydrogens (primary N) is 1. The molecule has 0 spiro atoms. The quantitative estimate of drug-likeness (QED) is 0.448. The molecule has 0 saturated heterocycles. The highest BCUT2D eigenvalue weighted by molar-refractivity contribution is 5.91. The third-order valence-electron chi connectivity index (χ3n) is 1.21. The number of hydrogen-bond acceptors (Lipinski definition) is 2. The van der Waals surface area contributed by atoms with Crippen LogP contribution in [0.3, 0.4) is 0 Å². The van der Waals surface area contributed by atoms with Crippen molar-refractivity contribution in [3.05, 3.63) is 23.8 Å². The van der Waals surface area contributed by atoms with Gasteiger partial charge in [0.25, 0.3) is 0 Å². The normalized spacial score (nSPS) is 11.3. The molecule has 0 aliphatic heterocycles. The van der Waals surface area contributed by atoms with E-state index in [0.29, 0.717) is 12.1 Å². The zero-order valence-corrected chi connectivity index (χ0v) is 6.98. The van der Waals surface area contributed by atoms with Crippen molar-refractivity contribution in [2.45, 2.75) is 6.92 Å². The SMILES string of the molecule is C=C(/C=C(\C)C(N)=O)CNC. The summed E-state index contributed by atoms with van der Waals surface area (Å²) in [7, 11) is 1.82. The Balaban J connectivity index is 4.08. The molecule has 62 valence electrons. The van der Waals surface area contributed by atoms with E-state index in [1.54, 1.807) is 13.0 Å². The van der Waals surface area contributed by atoms with Crippen LogP contribution in [-0.4, -0.2) is 19.5 Å². The van der Waals surface area contributed by atoms with Crippen molar-refractivity contribution in [1.82, 2.24) is 5.32 Å². The molecule has 0 saturated carbocycles. The van der Waals surface area contributed by atoms with Crippen LogP contribution in [0.15, 0.2) is 23.8 Å². The van der Waals surface area contributed by atoms with Gasteiger partial charge in [0.2, 0.25) is 5.91 Å². The second-order valence-corrected chi connectivity index (χ2v) is 2.38. The average molecular weight is 154 g/mol. The van der Waals surface area contributed by atoms with Crippen molar-refractivity contribution in [3.63, 3.8) is 0 Å². The minimum atomic E-state index is -0.401. The average Bonchev–Trinajstić information content (AvgIpc) is 1.87. The Morgan fingerprint density at radius 2 is 2.27 bits per heavy atom. The molecule has 0 aromatic heterocycles. The first kappa shape index (κ1) is 9.91. The third-order valence-corrected chi connectivity index (χ3v) is 1.21. The molecule has 3 nitrogen and oxygen atoms in total. The van der Waals surface area contributed by atoms with Crippen LogP contribution in [0.5, 0.6) is 0 Å². The van der Waals surface area contributed by atoms with E-state index in [9.17, 15) is 4.79 Å². The lowest BCUT2D eigenvalue weighted by Gasteiger charge is -1.98. The lowest BCUT2D eigenvalue weighted by molar-refractivity contribution is -0.114. The van der Waals surface area contributed by atoms with Gasteiger partial charge in [0.15, 0.2) is 0 Å². The molecule has 11 heavy (non-hydrogen) atoms. The summed E-state index contributed by atoms with van der Waals surface area (Å²) in [4.78, 5) is 10.5. The molecular formula is C8H14N2O. The van der Waals surface area contributed by atoms with Crippen molar-refractivity contribution in [1.29, 1.82) is 0 Å². The molecular weight excluding hydrogens is 140 g/mol. The summed E-state index contributed by atoms with van der Waals surface area (Å²) in [5.41, 5.74) is 6.40. The van der Waals surface area contributed by atoms with E-state index in [0.717, 1.165) is 5.57 Å². The summed E-state index contributed by atoms with van der Waals surface area (Å²) in [5.74, 6) is -0.401. The highest BCUT2D eigenvalue weighted by Gasteiger charge is 1.96. The summed E-state index contributed by atoms with van der Waals surface area (Å²) >= 11 is 0. The molecule has 0 atom stereocenters. The van der Waals surface area contributed by atoms with E-state index in [1.165, 1.54) is 0 Å². The number of likely N-dealkylation sites (N-methyl/N-ethyl adjacent to an activating group) is 1. The van der Waals surface area contributed by atoms with E-state index in [4.69, 9.17) is 5.73 Å². The number of nitrogens with one attached hydrogen (secondary N) is 1. The minimum absolute atomic E-state index is 0.401. The largest absolute Gasteiger partial charge is 0.366 e. The Bertz CT molecular complexity index is 194. The highest BCUT2D eigenvalue weighted by Crippen LogP contribution is 1.97. The van der Waals surface area contributed by atoms with Crippen LogP contribution in [0.2, 0.25) is 0 Å². The van der Waals surface area contributed by atoms with Gasteiger partial charge in [-0.25, -0.2) is 0 Å². The second-order valence-electron chi connectivity index (χ2n) is 2.38. The van der Waals surface area contributed by atoms with Gasteiger partial charge < -0.3 is 11.1 Å². The molecule has 0 bridgehead atoms. The summed E-state index contributed by atoms with van der Waals surface area (Å²) in [6, 6.07) is 0. The molecule has 0 unspecified atom stereocenters. The maximum Gasteiger partial charge on any atom is 0.244 e. The fourth-order valence-electron chi connectivity index (χ4n) is 0.655. The van der Waals surface area contributed by atoms with Crippen molar-refractivity contribution in [2.75, 3.05) is 13.6 Å². The van der Waals surface area contributed by atoms with Gasteiger partial charge >= 0.3 is 0 Å². The van der Waals surface area contributed by atoms with Crippen LogP contribution in [0.4, 0.5) is 0 Å². The zero-order valence-electron chi connectivity index (χ0n) is 6.98. The Hall–Kier alpha value is -1.09. The molecule has 0 radical (unpaired) electrons. The van der Waals surface area contributed by atoms with Gasteiger partial charge in [-0.15, -0.1) is 0 Å². The van der Waals surface area contributed by atoms with Crippen LogP contribution in [0.1, 0.15) is 6.92 Å². The second kappa shape index (κ2) is 4.68. The number of carbonyl (C=O) groups excluding carboxylic acids is 1. The molecule has 0 fully saturated rings. The number of carbonyl (C=O) groups is 1. The van der Waals surface area contributed by atoms with Crippen molar-refractivity contribution < 1.29 is 4.79 Å². The molecule has 0 aromatic carbocycles. The molecule has 0 aromatic rings. The molecule has 0 rings (SSSR count). The van der Waals surface area contributed by atoms with Crippen LogP contribution in [-0.2, 0) is 4.79 Å². The van der Waals surface area contributed by atoms with Crippen LogP contribution in [0, 0.1) is 0 Å². The number of primary amides is 1. The number of rotatable bonds is 4. The van der Waals surface area contributed by atoms with E-state index < -0.39 is 5.91 Å². The van der Waals surface area contributed by atoms with Gasteiger partial charge in [0.05, 0.1) is 0 Å². The van der Waals surface area contributed by atoms with E-state index >= 15 is 0 Å². The molecule has 1 amide bonds. The molecule has 3 N–H and O–H groups in total. The van der Waals surface area contributed by atoms with Gasteiger partial charge in [-0.3, -0.25) is 4.79 Å². The summed E-state index contributed by atoms with van der Waals surface area (Å²) in [5, 5.41) is 2.92. The van der Waals surface area contributed by atoms with Crippen LogP contribution in [0.25, 0.3) is 0 Å². The summed E-state index contributed by atoms with van der Waals surface area (Å²) in [6.07, 6.45) is 1.68. The predicted molar refractivity (Wildman–Crippen MR) is 46.0 cm³/mol. The van der Waals surface area contributed by atoms with Crippen LogP contribution < -0.4 is 11.1 Å². The first-order chi connectivity index (χ1) is 5.07. The smallest absolute Gasteiger partial charge is 0.244 e.